The molecule has 1 fully saturated rings. The molecule has 2 N–H and O–H groups in total. The number of rotatable bonds is 5. The Morgan fingerprint density at radius 3 is 3.00 bits per heavy atom. The van der Waals surface area contributed by atoms with Crippen LogP contribution in [0.2, 0.25) is 0 Å². The summed E-state index contributed by atoms with van der Waals surface area (Å²) < 4.78 is 5.39. The maximum Gasteiger partial charge on any atom is 0.222 e. The molecular formula is C11H22N2O2. The fourth-order valence-electron chi connectivity index (χ4n) is 1.88. The predicted octanol–water partition coefficient (Wildman–Crippen LogP) is 0.610. The van der Waals surface area contributed by atoms with E-state index in [9.17, 15) is 4.79 Å². The first-order valence-corrected chi connectivity index (χ1v) is 5.76. The predicted molar refractivity (Wildman–Crippen MR) is 59.5 cm³/mol. The molecule has 1 aliphatic heterocycles. The Labute approximate surface area is 91.8 Å². The molecule has 1 saturated heterocycles. The molecule has 0 spiro atoms. The van der Waals surface area contributed by atoms with Gasteiger partial charge in [0.1, 0.15) is 0 Å². The average molecular weight is 214 g/mol. The van der Waals surface area contributed by atoms with Crippen molar-refractivity contribution in [3.8, 4) is 0 Å². The third kappa shape index (κ3) is 4.62. The topological polar surface area (TPSA) is 55.6 Å². The normalized spacial score (nSPS) is 21.3. The van der Waals surface area contributed by atoms with E-state index < -0.39 is 0 Å². The van der Waals surface area contributed by atoms with Gasteiger partial charge in [0.05, 0.1) is 6.61 Å². The van der Waals surface area contributed by atoms with Gasteiger partial charge in [-0.25, -0.2) is 0 Å². The smallest absolute Gasteiger partial charge is 0.222 e. The zero-order valence-corrected chi connectivity index (χ0v) is 9.58. The Kier molecular flexibility index (Phi) is 5.65. The Balaban J connectivity index is 2.20. The molecule has 0 aliphatic carbocycles. The van der Waals surface area contributed by atoms with E-state index in [4.69, 9.17) is 10.5 Å². The van der Waals surface area contributed by atoms with Crippen LogP contribution in [0, 0.1) is 5.92 Å². The lowest BCUT2D eigenvalue weighted by atomic mass is 10.0. The highest BCUT2D eigenvalue weighted by Crippen LogP contribution is 2.14. The molecule has 15 heavy (non-hydrogen) atoms. The number of amides is 1. The Morgan fingerprint density at radius 2 is 2.40 bits per heavy atom. The van der Waals surface area contributed by atoms with E-state index in [0.717, 1.165) is 32.6 Å². The van der Waals surface area contributed by atoms with Crippen LogP contribution < -0.4 is 5.73 Å². The van der Waals surface area contributed by atoms with Crippen LogP contribution in [0.15, 0.2) is 0 Å². The second kappa shape index (κ2) is 6.80. The van der Waals surface area contributed by atoms with E-state index in [1.807, 2.05) is 11.9 Å². The number of carbonyl (C=O) groups is 1. The highest BCUT2D eigenvalue weighted by atomic mass is 16.5. The lowest BCUT2D eigenvalue weighted by Gasteiger charge is -2.27. The summed E-state index contributed by atoms with van der Waals surface area (Å²) in [6.07, 6.45) is 3.65. The van der Waals surface area contributed by atoms with Gasteiger partial charge in [0, 0.05) is 26.6 Å². The lowest BCUT2D eigenvalue weighted by Crippen LogP contribution is -2.35. The fraction of sp³-hybridized carbons (Fsp3) is 0.909. The summed E-state index contributed by atoms with van der Waals surface area (Å²) in [4.78, 5) is 13.4. The molecule has 88 valence electrons. The first-order chi connectivity index (χ1) is 7.24. The van der Waals surface area contributed by atoms with Gasteiger partial charge in [-0.15, -0.1) is 0 Å². The summed E-state index contributed by atoms with van der Waals surface area (Å²) in [6.45, 7) is 3.09. The largest absolute Gasteiger partial charge is 0.381 e. The Morgan fingerprint density at radius 1 is 1.60 bits per heavy atom. The van der Waals surface area contributed by atoms with Crippen molar-refractivity contribution in [1.82, 2.24) is 4.90 Å². The molecule has 0 radical (unpaired) electrons. The summed E-state index contributed by atoms with van der Waals surface area (Å²) in [7, 11) is 1.87. The molecule has 0 aromatic carbocycles. The van der Waals surface area contributed by atoms with Gasteiger partial charge >= 0.3 is 0 Å². The monoisotopic (exact) mass is 214 g/mol. The molecule has 1 amide bonds. The van der Waals surface area contributed by atoms with Crippen molar-refractivity contribution in [2.45, 2.75) is 25.7 Å². The molecule has 4 nitrogen and oxygen atoms in total. The van der Waals surface area contributed by atoms with Gasteiger partial charge in [0.15, 0.2) is 0 Å². The van der Waals surface area contributed by atoms with Crippen LogP contribution in [0.3, 0.4) is 0 Å². The van der Waals surface area contributed by atoms with Gasteiger partial charge in [0.25, 0.3) is 0 Å². The average Bonchev–Trinajstić information content (AvgIpc) is 2.27. The zero-order valence-electron chi connectivity index (χ0n) is 9.58. The van der Waals surface area contributed by atoms with Crippen LogP contribution >= 0.6 is 0 Å². The van der Waals surface area contributed by atoms with Crippen LogP contribution in [-0.2, 0) is 9.53 Å². The third-order valence-corrected chi connectivity index (χ3v) is 2.81. The molecule has 1 rings (SSSR count). The van der Waals surface area contributed by atoms with E-state index in [0.29, 0.717) is 18.9 Å². The summed E-state index contributed by atoms with van der Waals surface area (Å²) in [5, 5.41) is 0. The van der Waals surface area contributed by atoms with Crippen molar-refractivity contribution < 1.29 is 9.53 Å². The molecule has 4 heteroatoms. The summed E-state index contributed by atoms with van der Waals surface area (Å²) >= 11 is 0. The van der Waals surface area contributed by atoms with E-state index in [1.54, 1.807) is 0 Å². The number of ether oxygens (including phenoxy) is 1. The first-order valence-electron chi connectivity index (χ1n) is 5.76. The van der Waals surface area contributed by atoms with Crippen molar-refractivity contribution in [3.63, 3.8) is 0 Å². The van der Waals surface area contributed by atoms with Gasteiger partial charge in [-0.05, 0) is 31.7 Å². The third-order valence-electron chi connectivity index (χ3n) is 2.81. The van der Waals surface area contributed by atoms with Gasteiger partial charge in [-0.3, -0.25) is 4.79 Å². The number of nitrogens with two attached hydrogens (primary N) is 1. The first kappa shape index (κ1) is 12.5. The van der Waals surface area contributed by atoms with Crippen molar-refractivity contribution in [2.24, 2.45) is 11.7 Å². The quantitative estimate of drug-likeness (QED) is 0.729. The molecule has 0 bridgehead atoms. The number of hydrogen-bond donors (Lipinski definition) is 1. The maximum absolute atomic E-state index is 11.6. The van der Waals surface area contributed by atoms with E-state index >= 15 is 0 Å². The van der Waals surface area contributed by atoms with Crippen molar-refractivity contribution in [1.29, 1.82) is 0 Å². The van der Waals surface area contributed by atoms with Crippen LogP contribution in [0.4, 0.5) is 0 Å². The second-order valence-corrected chi connectivity index (χ2v) is 4.25. The van der Waals surface area contributed by atoms with Gasteiger partial charge in [-0.1, -0.05) is 0 Å². The van der Waals surface area contributed by atoms with Gasteiger partial charge in [-0.2, -0.15) is 0 Å². The van der Waals surface area contributed by atoms with Crippen LogP contribution in [0.25, 0.3) is 0 Å². The molecular weight excluding hydrogens is 192 g/mol. The molecule has 1 heterocycles. The molecule has 1 unspecified atom stereocenters. The summed E-state index contributed by atoms with van der Waals surface area (Å²) in [6, 6.07) is 0. The molecule has 0 saturated carbocycles. The van der Waals surface area contributed by atoms with E-state index in [1.165, 1.54) is 6.42 Å². The van der Waals surface area contributed by atoms with E-state index in [-0.39, 0.29) is 5.91 Å². The van der Waals surface area contributed by atoms with Crippen LogP contribution in [0.1, 0.15) is 25.7 Å². The van der Waals surface area contributed by atoms with Crippen molar-refractivity contribution in [2.75, 3.05) is 33.4 Å². The molecule has 0 aromatic rings. The summed E-state index contributed by atoms with van der Waals surface area (Å²) in [5.41, 5.74) is 5.37. The van der Waals surface area contributed by atoms with Crippen LogP contribution in [0.5, 0.6) is 0 Å². The van der Waals surface area contributed by atoms with E-state index in [2.05, 4.69) is 0 Å². The molecule has 1 atom stereocenters. The minimum absolute atomic E-state index is 0.200. The van der Waals surface area contributed by atoms with Crippen LogP contribution in [-0.4, -0.2) is 44.2 Å². The number of hydrogen-bond acceptors (Lipinski definition) is 3. The van der Waals surface area contributed by atoms with Crippen molar-refractivity contribution >= 4 is 5.91 Å². The Hall–Kier alpha value is -0.610. The number of carbonyl (C=O) groups excluding carboxylic acids is 1. The second-order valence-electron chi connectivity index (χ2n) is 4.25. The standard InChI is InChI=1S/C11H22N2O2/c1-13(11(14)5-2-6-12)8-10-4-3-7-15-9-10/h10H,2-9,12H2,1H3. The minimum Gasteiger partial charge on any atom is -0.381 e. The Bertz CT molecular complexity index is 191. The maximum atomic E-state index is 11.6. The van der Waals surface area contributed by atoms with Crippen molar-refractivity contribution in [3.05, 3.63) is 0 Å². The zero-order chi connectivity index (χ0) is 11.1. The van der Waals surface area contributed by atoms with Gasteiger partial charge < -0.3 is 15.4 Å². The SMILES string of the molecule is CN(CC1CCCOC1)C(=O)CCCN. The highest BCUT2D eigenvalue weighted by Gasteiger charge is 2.18. The molecule has 0 aromatic heterocycles. The van der Waals surface area contributed by atoms with Gasteiger partial charge in [0.2, 0.25) is 5.91 Å². The highest BCUT2D eigenvalue weighted by molar-refractivity contribution is 5.75. The number of nitrogens with zero attached hydrogens (tertiary/aromatic N) is 1. The summed E-state index contributed by atoms with van der Waals surface area (Å²) in [5.74, 6) is 0.719. The molecule has 1 aliphatic rings. The fourth-order valence-corrected chi connectivity index (χ4v) is 1.88. The minimum atomic E-state index is 0.200. The lowest BCUT2D eigenvalue weighted by molar-refractivity contribution is -0.131.